The first kappa shape index (κ1) is 14.9. The molecule has 17 heavy (non-hydrogen) atoms. The number of hydrogen-bond donors (Lipinski definition) is 0. The number of halogens is 3. The summed E-state index contributed by atoms with van der Waals surface area (Å²) in [5, 5.41) is -0.0554. The molecule has 0 spiro atoms. The highest BCUT2D eigenvalue weighted by atomic mass is 35.7. The summed E-state index contributed by atoms with van der Waals surface area (Å²) in [6.07, 6.45) is 1.86. The lowest BCUT2D eigenvalue weighted by molar-refractivity contribution is 0.309. The van der Waals surface area contributed by atoms with Crippen molar-refractivity contribution >= 4 is 42.9 Å². The van der Waals surface area contributed by atoms with Crippen molar-refractivity contribution in [2.75, 3.05) is 6.61 Å². The molecule has 0 aliphatic rings. The number of ether oxygens (including phenoxy) is 1. The van der Waals surface area contributed by atoms with E-state index in [1.165, 1.54) is 12.1 Å². The highest BCUT2D eigenvalue weighted by Gasteiger charge is 2.19. The van der Waals surface area contributed by atoms with Crippen LogP contribution in [0.2, 0.25) is 10.0 Å². The maximum absolute atomic E-state index is 11.2. The molecule has 1 rings (SSSR count). The Morgan fingerprint density at radius 1 is 1.24 bits per heavy atom. The van der Waals surface area contributed by atoms with Crippen molar-refractivity contribution < 1.29 is 13.2 Å². The van der Waals surface area contributed by atoms with Crippen LogP contribution in [-0.2, 0) is 9.05 Å². The molecule has 0 aromatic heterocycles. The van der Waals surface area contributed by atoms with Crippen molar-refractivity contribution in [2.24, 2.45) is 0 Å². The minimum absolute atomic E-state index is 0.0597. The third-order valence-corrected chi connectivity index (χ3v) is 4.37. The van der Waals surface area contributed by atoms with Crippen molar-refractivity contribution in [3.8, 4) is 5.75 Å². The molecular formula is C10H11Cl3O3S. The molecule has 0 atom stereocenters. The molecule has 0 amide bonds. The van der Waals surface area contributed by atoms with Gasteiger partial charge in [-0.1, -0.05) is 36.5 Å². The topological polar surface area (TPSA) is 43.4 Å². The van der Waals surface area contributed by atoms with Crippen molar-refractivity contribution in [1.82, 2.24) is 0 Å². The van der Waals surface area contributed by atoms with E-state index in [4.69, 9.17) is 38.6 Å². The Labute approximate surface area is 115 Å². The zero-order valence-electron chi connectivity index (χ0n) is 9.04. The largest absolute Gasteiger partial charge is 0.492 e. The van der Waals surface area contributed by atoms with Crippen LogP contribution in [0, 0.1) is 0 Å². The summed E-state index contributed by atoms with van der Waals surface area (Å²) in [5.41, 5.74) is 0. The SMILES string of the molecule is CCCCOc1ccc(S(=O)(=O)Cl)c(Cl)c1Cl. The lowest BCUT2D eigenvalue weighted by Gasteiger charge is -2.10. The summed E-state index contributed by atoms with van der Waals surface area (Å²) in [4.78, 5) is -0.214. The molecule has 3 nitrogen and oxygen atoms in total. The average molecular weight is 318 g/mol. The Morgan fingerprint density at radius 3 is 2.41 bits per heavy atom. The molecule has 0 bridgehead atoms. The maximum Gasteiger partial charge on any atom is 0.262 e. The highest BCUT2D eigenvalue weighted by Crippen LogP contribution is 2.37. The molecule has 0 heterocycles. The Bertz CT molecular complexity index is 500. The molecule has 0 saturated carbocycles. The minimum atomic E-state index is -3.90. The van der Waals surface area contributed by atoms with Gasteiger partial charge in [-0.25, -0.2) is 8.42 Å². The summed E-state index contributed by atoms with van der Waals surface area (Å²) in [5.74, 6) is 0.356. The van der Waals surface area contributed by atoms with Crippen LogP contribution in [0.1, 0.15) is 19.8 Å². The molecule has 0 fully saturated rings. The third kappa shape index (κ3) is 3.91. The van der Waals surface area contributed by atoms with Crippen LogP contribution < -0.4 is 4.74 Å². The summed E-state index contributed by atoms with van der Waals surface area (Å²) < 4.78 is 27.7. The molecule has 0 N–H and O–H groups in total. The number of benzene rings is 1. The van der Waals surface area contributed by atoms with Crippen molar-refractivity contribution in [1.29, 1.82) is 0 Å². The first-order chi connectivity index (χ1) is 7.88. The van der Waals surface area contributed by atoms with Gasteiger partial charge in [0.05, 0.1) is 11.6 Å². The van der Waals surface area contributed by atoms with Crippen LogP contribution in [0.3, 0.4) is 0 Å². The van der Waals surface area contributed by atoms with Gasteiger partial charge in [0, 0.05) is 10.7 Å². The molecule has 1 aromatic carbocycles. The fourth-order valence-corrected chi connectivity index (χ4v) is 2.93. The monoisotopic (exact) mass is 316 g/mol. The third-order valence-electron chi connectivity index (χ3n) is 2.03. The lowest BCUT2D eigenvalue weighted by Crippen LogP contribution is -1.99. The first-order valence-electron chi connectivity index (χ1n) is 4.93. The van der Waals surface area contributed by atoms with E-state index < -0.39 is 9.05 Å². The van der Waals surface area contributed by atoms with Crippen LogP contribution >= 0.6 is 33.9 Å². The van der Waals surface area contributed by atoms with Gasteiger partial charge in [-0.3, -0.25) is 0 Å². The zero-order valence-corrected chi connectivity index (χ0v) is 12.1. The molecule has 96 valence electrons. The molecule has 0 radical (unpaired) electrons. The predicted octanol–water partition coefficient (Wildman–Crippen LogP) is 4.10. The normalized spacial score (nSPS) is 11.5. The van der Waals surface area contributed by atoms with E-state index in [1.807, 2.05) is 6.92 Å². The molecule has 1 aromatic rings. The molecule has 0 aliphatic carbocycles. The van der Waals surface area contributed by atoms with Gasteiger partial charge in [-0.05, 0) is 18.6 Å². The van der Waals surface area contributed by atoms with Gasteiger partial charge in [0.25, 0.3) is 9.05 Å². The highest BCUT2D eigenvalue weighted by molar-refractivity contribution is 8.13. The fourth-order valence-electron chi connectivity index (χ4n) is 1.14. The van der Waals surface area contributed by atoms with E-state index in [-0.39, 0.29) is 14.9 Å². The second-order valence-corrected chi connectivity index (χ2v) is 6.62. The van der Waals surface area contributed by atoms with Gasteiger partial charge >= 0.3 is 0 Å². The van der Waals surface area contributed by atoms with E-state index in [9.17, 15) is 8.42 Å². The van der Waals surface area contributed by atoms with Gasteiger partial charge in [-0.2, -0.15) is 0 Å². The van der Waals surface area contributed by atoms with Gasteiger partial charge in [0.2, 0.25) is 0 Å². The van der Waals surface area contributed by atoms with Crippen LogP contribution in [0.4, 0.5) is 0 Å². The summed E-state index contributed by atoms with van der Waals surface area (Å²) >= 11 is 11.7. The van der Waals surface area contributed by atoms with E-state index in [0.29, 0.717) is 12.4 Å². The van der Waals surface area contributed by atoms with Gasteiger partial charge < -0.3 is 4.74 Å². The fraction of sp³-hybridized carbons (Fsp3) is 0.400. The maximum atomic E-state index is 11.2. The molecular weight excluding hydrogens is 307 g/mol. The van der Waals surface area contributed by atoms with Crippen LogP contribution in [0.15, 0.2) is 17.0 Å². The van der Waals surface area contributed by atoms with Crippen LogP contribution in [0.25, 0.3) is 0 Å². The Morgan fingerprint density at radius 2 is 1.88 bits per heavy atom. The Balaban J connectivity index is 3.03. The Hall–Kier alpha value is -0.160. The van der Waals surface area contributed by atoms with Crippen molar-refractivity contribution in [3.63, 3.8) is 0 Å². The van der Waals surface area contributed by atoms with Crippen molar-refractivity contribution in [2.45, 2.75) is 24.7 Å². The summed E-state index contributed by atoms with van der Waals surface area (Å²) in [6, 6.07) is 2.72. The minimum Gasteiger partial charge on any atom is -0.492 e. The summed E-state index contributed by atoms with van der Waals surface area (Å²) in [7, 11) is 1.31. The smallest absolute Gasteiger partial charge is 0.262 e. The second-order valence-electron chi connectivity index (χ2n) is 3.33. The zero-order chi connectivity index (χ0) is 13.1. The molecule has 0 saturated heterocycles. The average Bonchev–Trinajstić information content (AvgIpc) is 2.23. The van der Waals surface area contributed by atoms with E-state index >= 15 is 0 Å². The van der Waals surface area contributed by atoms with E-state index in [0.717, 1.165) is 12.8 Å². The predicted molar refractivity (Wildman–Crippen MR) is 69.9 cm³/mol. The summed E-state index contributed by atoms with van der Waals surface area (Å²) in [6.45, 7) is 2.53. The van der Waals surface area contributed by atoms with Crippen molar-refractivity contribution in [3.05, 3.63) is 22.2 Å². The number of unbranched alkanes of at least 4 members (excludes halogenated alkanes) is 1. The quantitative estimate of drug-likeness (QED) is 0.606. The molecule has 0 aliphatic heterocycles. The van der Waals surface area contributed by atoms with Crippen LogP contribution in [0.5, 0.6) is 5.75 Å². The number of rotatable bonds is 5. The van der Waals surface area contributed by atoms with E-state index in [1.54, 1.807) is 0 Å². The van der Waals surface area contributed by atoms with Gasteiger partial charge in [-0.15, -0.1) is 0 Å². The second kappa shape index (κ2) is 6.14. The van der Waals surface area contributed by atoms with Gasteiger partial charge in [0.1, 0.15) is 15.7 Å². The molecule has 7 heteroatoms. The lowest BCUT2D eigenvalue weighted by atomic mass is 10.3. The first-order valence-corrected chi connectivity index (χ1v) is 8.00. The standard InChI is InChI=1S/C10H11Cl3O3S/c1-2-3-6-16-7-4-5-8(17(13,14)15)10(12)9(7)11/h4-5H,2-3,6H2,1H3. The van der Waals surface area contributed by atoms with Gasteiger partial charge in [0.15, 0.2) is 0 Å². The van der Waals surface area contributed by atoms with Crippen LogP contribution in [-0.4, -0.2) is 15.0 Å². The number of hydrogen-bond acceptors (Lipinski definition) is 3. The molecule has 0 unspecified atom stereocenters. The van der Waals surface area contributed by atoms with E-state index in [2.05, 4.69) is 0 Å². The Kier molecular flexibility index (Phi) is 5.38.